The van der Waals surface area contributed by atoms with Crippen molar-refractivity contribution in [2.45, 2.75) is 25.7 Å². The van der Waals surface area contributed by atoms with E-state index in [0.717, 1.165) is 43.7 Å². The molecular weight excluding hydrogens is 496 g/mol. The van der Waals surface area contributed by atoms with Crippen LogP contribution in [0, 0.1) is 18.3 Å². The van der Waals surface area contributed by atoms with Crippen molar-refractivity contribution >= 4 is 23.2 Å². The molecule has 1 fully saturated rings. The van der Waals surface area contributed by atoms with Crippen LogP contribution in [0.1, 0.15) is 51.5 Å². The molecule has 5 rings (SSSR count). The summed E-state index contributed by atoms with van der Waals surface area (Å²) in [7, 11) is 0. The molecule has 0 bridgehead atoms. The summed E-state index contributed by atoms with van der Waals surface area (Å²) < 4.78 is 1.63. The molecule has 0 saturated carbocycles. The van der Waals surface area contributed by atoms with Gasteiger partial charge in [-0.1, -0.05) is 47.5 Å². The number of pyridine rings is 1. The van der Waals surface area contributed by atoms with Gasteiger partial charge in [0.25, 0.3) is 0 Å². The summed E-state index contributed by atoms with van der Waals surface area (Å²) >= 11 is 6.10. The van der Waals surface area contributed by atoms with Gasteiger partial charge in [0.2, 0.25) is 5.78 Å². The Morgan fingerprint density at radius 3 is 2.66 bits per heavy atom. The largest absolute Gasteiger partial charge is 0.369 e. The molecule has 0 spiro atoms. The monoisotopic (exact) mass is 524 g/mol. The molecule has 1 aliphatic rings. The Balaban J connectivity index is 1.32. The number of halogens is 1. The van der Waals surface area contributed by atoms with Crippen molar-refractivity contribution in [3.05, 3.63) is 106 Å². The van der Waals surface area contributed by atoms with E-state index in [1.54, 1.807) is 28.9 Å². The van der Waals surface area contributed by atoms with Gasteiger partial charge in [0.05, 0.1) is 5.69 Å². The minimum absolute atomic E-state index is 0.132. The average molecular weight is 525 g/mol. The molecular formula is C30H29ClN6O. The Morgan fingerprint density at radius 1 is 1.16 bits per heavy atom. The Hall–Kier alpha value is -3.99. The molecule has 0 radical (unpaired) electrons. The first kappa shape index (κ1) is 25.7. The highest BCUT2D eigenvalue weighted by Gasteiger charge is 2.26. The van der Waals surface area contributed by atoms with Crippen LogP contribution < -0.4 is 5.32 Å². The van der Waals surface area contributed by atoms with E-state index in [1.807, 2.05) is 49.6 Å². The Bertz CT molecular complexity index is 1440. The molecule has 7 nitrogen and oxygen atoms in total. The zero-order valence-corrected chi connectivity index (χ0v) is 22.0. The van der Waals surface area contributed by atoms with Gasteiger partial charge in [0.1, 0.15) is 17.5 Å². The van der Waals surface area contributed by atoms with E-state index in [1.165, 1.54) is 5.56 Å². The van der Waals surface area contributed by atoms with Crippen molar-refractivity contribution in [3.8, 4) is 11.8 Å². The number of anilines is 1. The zero-order chi connectivity index (χ0) is 26.5. The van der Waals surface area contributed by atoms with Crippen LogP contribution in [0.15, 0.2) is 73.1 Å². The third-order valence-corrected chi connectivity index (χ3v) is 7.22. The lowest BCUT2D eigenvalue weighted by molar-refractivity contribution is 0.103. The van der Waals surface area contributed by atoms with Crippen molar-refractivity contribution in [1.29, 1.82) is 5.26 Å². The lowest BCUT2D eigenvalue weighted by Gasteiger charge is -2.17. The summed E-state index contributed by atoms with van der Waals surface area (Å²) in [6.45, 7) is 5.62. The van der Waals surface area contributed by atoms with E-state index < -0.39 is 0 Å². The van der Waals surface area contributed by atoms with Crippen molar-refractivity contribution in [2.24, 2.45) is 0 Å². The lowest BCUT2D eigenvalue weighted by Crippen LogP contribution is -2.23. The number of nitrogens with one attached hydrogen (secondary N) is 1. The lowest BCUT2D eigenvalue weighted by atomic mass is 10.0. The SMILES string of the molecule is Cc1ccc(C(=O)c2nn(-c3ccc(Cl)cc3)c(NCCCN3CCC(c4cccnc4)C3)c2C#N)cc1. The number of rotatable bonds is 9. The van der Waals surface area contributed by atoms with Crippen LogP contribution in [0.3, 0.4) is 0 Å². The van der Waals surface area contributed by atoms with E-state index in [9.17, 15) is 10.1 Å². The predicted octanol–water partition coefficient (Wildman–Crippen LogP) is 5.62. The topological polar surface area (TPSA) is 86.8 Å². The first-order valence-electron chi connectivity index (χ1n) is 12.8. The molecule has 1 atom stereocenters. The molecule has 2 aromatic heterocycles. The Morgan fingerprint density at radius 2 is 1.95 bits per heavy atom. The second-order valence-electron chi connectivity index (χ2n) is 9.62. The highest BCUT2D eigenvalue weighted by molar-refractivity contribution is 6.30. The number of aromatic nitrogens is 3. The molecule has 0 aliphatic carbocycles. The van der Waals surface area contributed by atoms with Crippen LogP contribution in [-0.4, -0.2) is 51.6 Å². The van der Waals surface area contributed by atoms with Crippen LogP contribution in [-0.2, 0) is 0 Å². The number of aryl methyl sites for hydroxylation is 1. The summed E-state index contributed by atoms with van der Waals surface area (Å²) in [6, 6.07) is 20.8. The predicted molar refractivity (Wildman–Crippen MR) is 149 cm³/mol. The molecule has 1 unspecified atom stereocenters. The van der Waals surface area contributed by atoms with Crippen LogP contribution >= 0.6 is 11.6 Å². The van der Waals surface area contributed by atoms with Crippen LogP contribution in [0.2, 0.25) is 5.02 Å². The quantitative estimate of drug-likeness (QED) is 0.226. The van der Waals surface area contributed by atoms with Gasteiger partial charge in [-0.25, -0.2) is 4.68 Å². The van der Waals surface area contributed by atoms with Gasteiger partial charge >= 0.3 is 0 Å². The molecule has 192 valence electrons. The van der Waals surface area contributed by atoms with E-state index in [4.69, 9.17) is 11.6 Å². The zero-order valence-electron chi connectivity index (χ0n) is 21.3. The van der Waals surface area contributed by atoms with Gasteiger partial charge in [0, 0.05) is 36.1 Å². The van der Waals surface area contributed by atoms with Crippen LogP contribution in [0.25, 0.3) is 5.69 Å². The van der Waals surface area contributed by atoms with Crippen LogP contribution in [0.4, 0.5) is 5.82 Å². The molecule has 1 N–H and O–H groups in total. The van der Waals surface area contributed by atoms with Gasteiger partial charge in [0.15, 0.2) is 5.69 Å². The van der Waals surface area contributed by atoms with E-state index in [0.29, 0.717) is 28.9 Å². The van der Waals surface area contributed by atoms with Crippen molar-refractivity contribution in [1.82, 2.24) is 19.7 Å². The Kier molecular flexibility index (Phi) is 7.83. The maximum absolute atomic E-state index is 13.4. The Labute approximate surface area is 227 Å². The van der Waals surface area contributed by atoms with Gasteiger partial charge in [-0.3, -0.25) is 9.78 Å². The van der Waals surface area contributed by atoms with E-state index >= 15 is 0 Å². The fraction of sp³-hybridized carbons (Fsp3) is 0.267. The van der Waals surface area contributed by atoms with E-state index in [-0.39, 0.29) is 17.0 Å². The maximum Gasteiger partial charge on any atom is 0.214 e. The number of carbonyl (C=O) groups is 1. The molecule has 1 aliphatic heterocycles. The normalized spacial score (nSPS) is 15.3. The van der Waals surface area contributed by atoms with Gasteiger partial charge in [-0.05, 0) is 74.7 Å². The summed E-state index contributed by atoms with van der Waals surface area (Å²) in [5.41, 5.74) is 3.94. The molecule has 8 heteroatoms. The number of ketones is 1. The molecule has 0 amide bonds. The van der Waals surface area contributed by atoms with Crippen molar-refractivity contribution in [3.63, 3.8) is 0 Å². The molecule has 38 heavy (non-hydrogen) atoms. The summed E-state index contributed by atoms with van der Waals surface area (Å²) in [5.74, 6) is 0.749. The van der Waals surface area contributed by atoms with Crippen molar-refractivity contribution in [2.75, 3.05) is 31.5 Å². The minimum Gasteiger partial charge on any atom is -0.369 e. The standard InChI is InChI=1S/C30H29ClN6O/c1-21-5-7-22(8-6-21)29(38)28-27(18-32)30(37(35-28)26-11-9-25(31)10-12-26)34-15-3-16-36-17-13-24(20-36)23-4-2-14-33-19-23/h2,4-12,14,19,24,34H,3,13,15-17,20H2,1H3. The second-order valence-corrected chi connectivity index (χ2v) is 10.1. The first-order valence-corrected chi connectivity index (χ1v) is 13.2. The third-order valence-electron chi connectivity index (χ3n) is 6.97. The number of nitrogens with zero attached hydrogens (tertiary/aromatic N) is 5. The fourth-order valence-electron chi connectivity index (χ4n) is 4.89. The number of carbonyl (C=O) groups excluding carboxylic acids is 1. The number of hydrogen-bond donors (Lipinski definition) is 1. The molecule has 2 aromatic carbocycles. The van der Waals surface area contributed by atoms with Crippen molar-refractivity contribution < 1.29 is 4.79 Å². The second kappa shape index (κ2) is 11.6. The van der Waals surface area contributed by atoms with Crippen LogP contribution in [0.5, 0.6) is 0 Å². The molecule has 1 saturated heterocycles. The summed E-state index contributed by atoms with van der Waals surface area (Å²) in [6.07, 6.45) is 5.79. The first-order chi connectivity index (χ1) is 18.5. The van der Waals surface area contributed by atoms with Gasteiger partial charge in [-0.2, -0.15) is 10.4 Å². The maximum atomic E-state index is 13.4. The number of benzene rings is 2. The van der Waals surface area contributed by atoms with Gasteiger partial charge < -0.3 is 10.2 Å². The minimum atomic E-state index is -0.282. The summed E-state index contributed by atoms with van der Waals surface area (Å²) in [4.78, 5) is 20.1. The third kappa shape index (κ3) is 5.62. The van der Waals surface area contributed by atoms with E-state index in [2.05, 4.69) is 32.4 Å². The fourth-order valence-corrected chi connectivity index (χ4v) is 5.02. The summed E-state index contributed by atoms with van der Waals surface area (Å²) in [5, 5.41) is 18.7. The average Bonchev–Trinajstić information content (AvgIpc) is 3.57. The number of nitriles is 1. The number of likely N-dealkylation sites (tertiary alicyclic amines) is 1. The van der Waals surface area contributed by atoms with Gasteiger partial charge in [-0.15, -0.1) is 0 Å². The highest BCUT2D eigenvalue weighted by Crippen LogP contribution is 2.28. The smallest absolute Gasteiger partial charge is 0.214 e. The molecule has 3 heterocycles. The number of hydrogen-bond acceptors (Lipinski definition) is 6. The molecule has 4 aromatic rings. The highest BCUT2D eigenvalue weighted by atomic mass is 35.5.